The molecule has 1 saturated carbocycles. The molecule has 3 heteroatoms. The molecule has 0 amide bonds. The molecule has 2 rings (SSSR count). The lowest BCUT2D eigenvalue weighted by Crippen LogP contribution is -2.25. The Morgan fingerprint density at radius 2 is 2.00 bits per heavy atom. The average molecular weight is 210 g/mol. The topological polar surface area (TPSA) is 24.9 Å². The molecule has 1 aliphatic carbocycles. The van der Waals surface area contributed by atoms with Crippen LogP contribution in [0.15, 0.2) is 0 Å². The third-order valence-corrected chi connectivity index (χ3v) is 3.18. The predicted octanol–water partition coefficient (Wildman–Crippen LogP) is 3.54. The smallest absolute Gasteiger partial charge is 0.183 e. The maximum atomic E-state index is 4.66. The van der Waals surface area contributed by atoms with Crippen molar-refractivity contribution in [3.05, 3.63) is 10.6 Å². The lowest BCUT2D eigenvalue weighted by atomic mass is 10.1. The first-order valence-corrected chi connectivity index (χ1v) is 6.03. The van der Waals surface area contributed by atoms with Crippen LogP contribution in [-0.2, 0) is 0 Å². The zero-order chi connectivity index (χ0) is 10.3. The summed E-state index contributed by atoms with van der Waals surface area (Å²) in [6.45, 7) is 8.68. The van der Waals surface area contributed by atoms with E-state index in [1.807, 2.05) is 0 Å². The molecular weight excluding hydrogens is 192 g/mol. The number of thiazole rings is 1. The number of anilines is 1. The molecule has 0 bridgehead atoms. The standard InChI is InChI=1S/C11H18N2S/c1-7-9(8-5-6-8)12-10(14-7)13-11(2,3)4/h8H,5-6H2,1-4H3,(H,12,13). The Hall–Kier alpha value is -0.570. The average Bonchev–Trinajstić information content (AvgIpc) is 2.75. The first-order chi connectivity index (χ1) is 6.46. The van der Waals surface area contributed by atoms with Gasteiger partial charge in [0.15, 0.2) is 5.13 Å². The summed E-state index contributed by atoms with van der Waals surface area (Å²) in [5.74, 6) is 0.766. The molecule has 2 nitrogen and oxygen atoms in total. The molecular formula is C11H18N2S. The van der Waals surface area contributed by atoms with Crippen LogP contribution in [0.3, 0.4) is 0 Å². The van der Waals surface area contributed by atoms with Gasteiger partial charge in [-0.2, -0.15) is 0 Å². The minimum absolute atomic E-state index is 0.116. The molecule has 1 fully saturated rings. The monoisotopic (exact) mass is 210 g/mol. The van der Waals surface area contributed by atoms with Crippen LogP contribution in [0.25, 0.3) is 0 Å². The maximum Gasteiger partial charge on any atom is 0.183 e. The number of hydrogen-bond acceptors (Lipinski definition) is 3. The van der Waals surface area contributed by atoms with E-state index in [4.69, 9.17) is 0 Å². The largest absolute Gasteiger partial charge is 0.357 e. The lowest BCUT2D eigenvalue weighted by molar-refractivity contribution is 0.633. The van der Waals surface area contributed by atoms with Crippen LogP contribution in [0, 0.1) is 6.92 Å². The highest BCUT2D eigenvalue weighted by atomic mass is 32.1. The highest BCUT2D eigenvalue weighted by molar-refractivity contribution is 7.15. The van der Waals surface area contributed by atoms with Gasteiger partial charge in [-0.1, -0.05) is 0 Å². The van der Waals surface area contributed by atoms with E-state index < -0.39 is 0 Å². The van der Waals surface area contributed by atoms with Gasteiger partial charge in [-0.3, -0.25) is 0 Å². The highest BCUT2D eigenvalue weighted by Gasteiger charge is 2.28. The summed E-state index contributed by atoms with van der Waals surface area (Å²) in [5.41, 5.74) is 1.45. The van der Waals surface area contributed by atoms with Crippen LogP contribution < -0.4 is 5.32 Å². The van der Waals surface area contributed by atoms with Crippen molar-refractivity contribution in [2.24, 2.45) is 0 Å². The van der Waals surface area contributed by atoms with Gasteiger partial charge in [0.25, 0.3) is 0 Å². The van der Waals surface area contributed by atoms with Crippen molar-refractivity contribution in [3.63, 3.8) is 0 Å². The van der Waals surface area contributed by atoms with Gasteiger partial charge < -0.3 is 5.32 Å². The lowest BCUT2D eigenvalue weighted by Gasteiger charge is -2.19. The van der Waals surface area contributed by atoms with Crippen molar-refractivity contribution < 1.29 is 0 Å². The Kier molecular flexibility index (Phi) is 2.30. The minimum Gasteiger partial charge on any atom is -0.357 e. The molecule has 0 atom stereocenters. The molecule has 1 aromatic rings. The van der Waals surface area contributed by atoms with Crippen LogP contribution in [0.4, 0.5) is 5.13 Å². The molecule has 0 spiro atoms. The predicted molar refractivity (Wildman–Crippen MR) is 62.2 cm³/mol. The zero-order valence-corrected chi connectivity index (χ0v) is 10.2. The van der Waals surface area contributed by atoms with Gasteiger partial charge in [-0.05, 0) is 40.5 Å². The molecule has 0 unspecified atom stereocenters. The molecule has 78 valence electrons. The van der Waals surface area contributed by atoms with Gasteiger partial charge in [0, 0.05) is 16.3 Å². The summed E-state index contributed by atoms with van der Waals surface area (Å²) in [7, 11) is 0. The number of nitrogens with zero attached hydrogens (tertiary/aromatic N) is 1. The normalized spacial score (nSPS) is 17.1. The second-order valence-corrected chi connectivity index (χ2v) is 6.31. The fraction of sp³-hybridized carbons (Fsp3) is 0.727. The van der Waals surface area contributed by atoms with Crippen molar-refractivity contribution >= 4 is 16.5 Å². The fourth-order valence-electron chi connectivity index (χ4n) is 1.52. The van der Waals surface area contributed by atoms with E-state index in [-0.39, 0.29) is 5.54 Å². The van der Waals surface area contributed by atoms with Crippen LogP contribution in [0.1, 0.15) is 50.1 Å². The summed E-state index contributed by atoms with van der Waals surface area (Å²) in [6.07, 6.45) is 2.67. The Bertz CT molecular complexity index is 332. The third-order valence-electron chi connectivity index (χ3n) is 2.28. The summed E-state index contributed by atoms with van der Waals surface area (Å²) >= 11 is 1.79. The van der Waals surface area contributed by atoms with Gasteiger partial charge in [-0.25, -0.2) is 4.98 Å². The summed E-state index contributed by atoms with van der Waals surface area (Å²) in [6, 6.07) is 0. The van der Waals surface area contributed by atoms with E-state index in [9.17, 15) is 0 Å². The second-order valence-electron chi connectivity index (χ2n) is 5.11. The SMILES string of the molecule is Cc1sc(NC(C)(C)C)nc1C1CC1. The van der Waals surface area contributed by atoms with Crippen molar-refractivity contribution in [2.75, 3.05) is 5.32 Å². The van der Waals surface area contributed by atoms with Gasteiger partial charge in [0.1, 0.15) is 0 Å². The van der Waals surface area contributed by atoms with Crippen molar-refractivity contribution in [1.82, 2.24) is 4.98 Å². The van der Waals surface area contributed by atoms with E-state index in [0.29, 0.717) is 0 Å². The van der Waals surface area contributed by atoms with Crippen molar-refractivity contribution in [3.8, 4) is 0 Å². The number of hydrogen-bond donors (Lipinski definition) is 1. The van der Waals surface area contributed by atoms with Crippen molar-refractivity contribution in [2.45, 2.75) is 52.0 Å². The molecule has 0 saturated heterocycles. The Morgan fingerprint density at radius 3 is 2.50 bits per heavy atom. The first-order valence-electron chi connectivity index (χ1n) is 5.21. The van der Waals surface area contributed by atoms with Gasteiger partial charge in [0.05, 0.1) is 5.69 Å². The number of rotatable bonds is 2. The maximum absolute atomic E-state index is 4.66. The Labute approximate surface area is 89.8 Å². The minimum atomic E-state index is 0.116. The molecule has 14 heavy (non-hydrogen) atoms. The molecule has 1 aromatic heterocycles. The summed E-state index contributed by atoms with van der Waals surface area (Å²) in [5, 5.41) is 4.51. The molecule has 0 aromatic carbocycles. The molecule has 0 radical (unpaired) electrons. The second kappa shape index (κ2) is 3.23. The Morgan fingerprint density at radius 1 is 1.36 bits per heavy atom. The third kappa shape index (κ3) is 2.27. The van der Waals surface area contributed by atoms with E-state index in [1.165, 1.54) is 23.4 Å². The van der Waals surface area contributed by atoms with Gasteiger partial charge in [-0.15, -0.1) is 11.3 Å². The molecule has 1 heterocycles. The van der Waals surface area contributed by atoms with Gasteiger partial charge in [0.2, 0.25) is 0 Å². The van der Waals surface area contributed by atoms with E-state index in [2.05, 4.69) is 38.0 Å². The van der Waals surface area contributed by atoms with E-state index in [0.717, 1.165) is 11.0 Å². The van der Waals surface area contributed by atoms with E-state index in [1.54, 1.807) is 11.3 Å². The molecule has 1 N–H and O–H groups in total. The zero-order valence-electron chi connectivity index (χ0n) is 9.35. The van der Waals surface area contributed by atoms with Crippen LogP contribution >= 0.6 is 11.3 Å². The Balaban J connectivity index is 2.15. The van der Waals surface area contributed by atoms with Crippen LogP contribution in [-0.4, -0.2) is 10.5 Å². The molecule has 0 aliphatic heterocycles. The van der Waals surface area contributed by atoms with Crippen LogP contribution in [0.5, 0.6) is 0 Å². The molecule has 1 aliphatic rings. The van der Waals surface area contributed by atoms with Gasteiger partial charge >= 0.3 is 0 Å². The number of nitrogens with one attached hydrogen (secondary N) is 1. The fourth-order valence-corrected chi connectivity index (χ4v) is 2.63. The van der Waals surface area contributed by atoms with E-state index >= 15 is 0 Å². The van der Waals surface area contributed by atoms with Crippen molar-refractivity contribution in [1.29, 1.82) is 0 Å². The quantitative estimate of drug-likeness (QED) is 0.807. The summed E-state index contributed by atoms with van der Waals surface area (Å²) < 4.78 is 0. The first kappa shape index (κ1) is 9.97. The van der Waals surface area contributed by atoms with Crippen LogP contribution in [0.2, 0.25) is 0 Å². The number of aryl methyl sites for hydroxylation is 1. The highest BCUT2D eigenvalue weighted by Crippen LogP contribution is 2.43. The summed E-state index contributed by atoms with van der Waals surface area (Å²) in [4.78, 5) is 6.05. The number of aromatic nitrogens is 1.